The number of hydrogen-bond donors (Lipinski definition) is 0. The number of cyclic esters (lactones) is 2. The van der Waals surface area contributed by atoms with Crippen molar-refractivity contribution in [3.63, 3.8) is 0 Å². The van der Waals surface area contributed by atoms with Gasteiger partial charge >= 0.3 is 11.9 Å². The highest BCUT2D eigenvalue weighted by atomic mass is 16.6. The Labute approximate surface area is 103 Å². The summed E-state index contributed by atoms with van der Waals surface area (Å²) in [7, 11) is 0. The number of carbonyl (C=O) groups excluding carboxylic acids is 2. The fraction of sp³-hybridized carbons (Fsp3) is 0.714. The number of esters is 2. The smallest absolute Gasteiger partial charge is 0.317 e. The lowest BCUT2D eigenvalue weighted by Gasteiger charge is -2.03. The van der Waals surface area contributed by atoms with Crippen molar-refractivity contribution in [1.82, 2.24) is 0 Å². The normalized spacial score (nSPS) is 20.2. The number of rotatable bonds is 8. The average Bonchev–Trinajstić information content (AvgIpc) is 2.61. The predicted molar refractivity (Wildman–Crippen MR) is 66.3 cm³/mol. The van der Waals surface area contributed by atoms with E-state index in [2.05, 4.69) is 23.8 Å². The first-order valence-electron chi connectivity index (χ1n) is 6.63. The van der Waals surface area contributed by atoms with Crippen LogP contribution in [-0.2, 0) is 14.3 Å². The fourth-order valence-electron chi connectivity index (χ4n) is 1.97. The molecule has 1 fully saturated rings. The lowest BCUT2D eigenvalue weighted by molar-refractivity contribution is -0.153. The van der Waals surface area contributed by atoms with Gasteiger partial charge in [-0.05, 0) is 25.7 Å². The standard InChI is InChI=1S/C14H22O3/c1-2-3-4-5-6-7-8-9-10-12-11-13(15)17-14(12)16/h4-5,12H,2-3,6-11H2,1H3/b5-4+. The largest absolute Gasteiger partial charge is 0.393 e. The summed E-state index contributed by atoms with van der Waals surface area (Å²) in [4.78, 5) is 22.0. The van der Waals surface area contributed by atoms with Gasteiger partial charge in [0.1, 0.15) is 0 Å². The van der Waals surface area contributed by atoms with Crippen LogP contribution in [0.1, 0.15) is 58.3 Å². The van der Waals surface area contributed by atoms with Crippen LogP contribution in [0.5, 0.6) is 0 Å². The first kappa shape index (κ1) is 13.9. The van der Waals surface area contributed by atoms with E-state index in [1.54, 1.807) is 0 Å². The molecule has 0 aliphatic carbocycles. The Bertz CT molecular complexity index is 281. The van der Waals surface area contributed by atoms with Crippen LogP contribution in [0.2, 0.25) is 0 Å². The molecule has 17 heavy (non-hydrogen) atoms. The van der Waals surface area contributed by atoms with Gasteiger partial charge in [0.15, 0.2) is 0 Å². The van der Waals surface area contributed by atoms with Crippen molar-refractivity contribution in [3.8, 4) is 0 Å². The Hall–Kier alpha value is -1.12. The van der Waals surface area contributed by atoms with E-state index in [-0.39, 0.29) is 24.3 Å². The highest BCUT2D eigenvalue weighted by Gasteiger charge is 2.32. The second-order valence-electron chi connectivity index (χ2n) is 4.59. The molecule has 0 bridgehead atoms. The molecule has 0 radical (unpaired) electrons. The number of hydrogen-bond acceptors (Lipinski definition) is 3. The maximum Gasteiger partial charge on any atom is 0.317 e. The van der Waals surface area contributed by atoms with E-state index < -0.39 is 0 Å². The highest BCUT2D eigenvalue weighted by Crippen LogP contribution is 2.22. The van der Waals surface area contributed by atoms with Crippen molar-refractivity contribution < 1.29 is 14.3 Å². The molecule has 1 heterocycles. The number of allylic oxidation sites excluding steroid dienone is 2. The van der Waals surface area contributed by atoms with Gasteiger partial charge in [0.25, 0.3) is 0 Å². The minimum atomic E-state index is -0.359. The second-order valence-corrected chi connectivity index (χ2v) is 4.59. The van der Waals surface area contributed by atoms with Crippen LogP contribution in [0.15, 0.2) is 12.2 Å². The fourth-order valence-corrected chi connectivity index (χ4v) is 1.97. The summed E-state index contributed by atoms with van der Waals surface area (Å²) < 4.78 is 4.51. The Balaban J connectivity index is 1.97. The molecule has 3 heteroatoms. The second kappa shape index (κ2) is 8.04. The SMILES string of the molecule is CCC/C=C/CCCCCC1CC(=O)OC1=O. The van der Waals surface area contributed by atoms with Crippen molar-refractivity contribution in [2.75, 3.05) is 0 Å². The summed E-state index contributed by atoms with van der Waals surface area (Å²) in [6.45, 7) is 2.17. The monoisotopic (exact) mass is 238 g/mol. The molecule has 1 unspecified atom stereocenters. The van der Waals surface area contributed by atoms with Crippen LogP contribution in [-0.4, -0.2) is 11.9 Å². The lowest BCUT2D eigenvalue weighted by Crippen LogP contribution is -2.06. The Morgan fingerprint density at radius 2 is 1.94 bits per heavy atom. The maximum absolute atomic E-state index is 11.2. The van der Waals surface area contributed by atoms with Crippen LogP contribution in [0.25, 0.3) is 0 Å². The van der Waals surface area contributed by atoms with E-state index in [4.69, 9.17) is 0 Å². The summed E-state index contributed by atoms with van der Waals surface area (Å²) in [5.74, 6) is -0.849. The lowest BCUT2D eigenvalue weighted by atomic mass is 9.99. The molecule has 0 spiro atoms. The molecular formula is C14H22O3. The number of carbonyl (C=O) groups is 2. The molecule has 0 N–H and O–H groups in total. The molecule has 1 saturated heterocycles. The molecule has 0 aromatic rings. The van der Waals surface area contributed by atoms with Crippen LogP contribution in [0, 0.1) is 5.92 Å². The Morgan fingerprint density at radius 3 is 2.59 bits per heavy atom. The van der Waals surface area contributed by atoms with Crippen LogP contribution < -0.4 is 0 Å². The predicted octanol–water partition coefficient (Wildman–Crippen LogP) is 3.38. The van der Waals surface area contributed by atoms with Crippen molar-refractivity contribution in [2.24, 2.45) is 5.92 Å². The zero-order chi connectivity index (χ0) is 12.5. The van der Waals surface area contributed by atoms with Gasteiger partial charge in [0.2, 0.25) is 0 Å². The molecule has 0 aromatic carbocycles. The Morgan fingerprint density at radius 1 is 1.18 bits per heavy atom. The molecule has 3 nitrogen and oxygen atoms in total. The summed E-state index contributed by atoms with van der Waals surface area (Å²) in [5, 5.41) is 0. The molecule has 96 valence electrons. The minimum absolute atomic E-state index is 0.168. The molecule has 1 aliphatic rings. The molecule has 1 rings (SSSR count). The van der Waals surface area contributed by atoms with E-state index >= 15 is 0 Å². The zero-order valence-corrected chi connectivity index (χ0v) is 10.6. The van der Waals surface area contributed by atoms with E-state index in [9.17, 15) is 9.59 Å². The maximum atomic E-state index is 11.2. The third-order valence-electron chi connectivity index (χ3n) is 3.01. The Kier molecular flexibility index (Phi) is 6.60. The quantitative estimate of drug-likeness (QED) is 0.282. The highest BCUT2D eigenvalue weighted by molar-refractivity contribution is 5.94. The van der Waals surface area contributed by atoms with Crippen LogP contribution in [0.3, 0.4) is 0 Å². The first-order valence-corrected chi connectivity index (χ1v) is 6.63. The van der Waals surface area contributed by atoms with E-state index in [1.807, 2.05) is 0 Å². The molecule has 1 atom stereocenters. The van der Waals surface area contributed by atoms with Crippen molar-refractivity contribution in [2.45, 2.75) is 58.3 Å². The van der Waals surface area contributed by atoms with Gasteiger partial charge in [0.05, 0.1) is 12.3 Å². The summed E-state index contributed by atoms with van der Waals surface area (Å²) in [6, 6.07) is 0. The number of unbranched alkanes of at least 4 members (excludes halogenated alkanes) is 4. The summed E-state index contributed by atoms with van der Waals surface area (Å²) in [5.41, 5.74) is 0. The van der Waals surface area contributed by atoms with Gasteiger partial charge in [-0.1, -0.05) is 38.3 Å². The van der Waals surface area contributed by atoms with Crippen molar-refractivity contribution in [1.29, 1.82) is 0 Å². The van der Waals surface area contributed by atoms with Gasteiger partial charge in [-0.15, -0.1) is 0 Å². The van der Waals surface area contributed by atoms with Crippen molar-refractivity contribution >= 4 is 11.9 Å². The topological polar surface area (TPSA) is 43.4 Å². The average molecular weight is 238 g/mol. The zero-order valence-electron chi connectivity index (χ0n) is 10.6. The van der Waals surface area contributed by atoms with Gasteiger partial charge in [-0.3, -0.25) is 9.59 Å². The third kappa shape index (κ3) is 5.66. The minimum Gasteiger partial charge on any atom is -0.393 e. The number of ether oxygens (including phenoxy) is 1. The van der Waals surface area contributed by atoms with Gasteiger partial charge in [-0.2, -0.15) is 0 Å². The van der Waals surface area contributed by atoms with Gasteiger partial charge in [-0.25, -0.2) is 0 Å². The van der Waals surface area contributed by atoms with E-state index in [0.717, 1.165) is 38.5 Å². The first-order chi connectivity index (χ1) is 8.24. The van der Waals surface area contributed by atoms with Gasteiger partial charge < -0.3 is 4.74 Å². The molecule has 0 saturated carbocycles. The molecular weight excluding hydrogens is 216 g/mol. The van der Waals surface area contributed by atoms with Crippen LogP contribution >= 0.6 is 0 Å². The molecule has 1 aliphatic heterocycles. The van der Waals surface area contributed by atoms with Gasteiger partial charge in [0, 0.05) is 0 Å². The third-order valence-corrected chi connectivity index (χ3v) is 3.01. The van der Waals surface area contributed by atoms with Crippen LogP contribution in [0.4, 0.5) is 0 Å². The molecule has 0 aromatic heterocycles. The van der Waals surface area contributed by atoms with E-state index in [1.165, 1.54) is 6.42 Å². The summed E-state index contributed by atoms with van der Waals surface area (Å²) >= 11 is 0. The molecule has 0 amide bonds. The summed E-state index contributed by atoms with van der Waals surface area (Å²) in [6.07, 6.45) is 12.3. The van der Waals surface area contributed by atoms with E-state index in [0.29, 0.717) is 0 Å². The van der Waals surface area contributed by atoms with Crippen molar-refractivity contribution in [3.05, 3.63) is 12.2 Å².